The van der Waals surface area contributed by atoms with Crippen LogP contribution >= 0.6 is 0 Å². The van der Waals surface area contributed by atoms with Gasteiger partial charge in [-0.1, -0.05) is 97.1 Å². The average Bonchev–Trinajstić information content (AvgIpc) is 3.03. The third kappa shape index (κ3) is 4.14. The normalized spacial score (nSPS) is 13.6. The summed E-state index contributed by atoms with van der Waals surface area (Å²) in [6, 6.07) is 49.9. The number of hydrogen-bond acceptors (Lipinski definition) is 3. The molecule has 0 N–H and O–H groups in total. The highest BCUT2D eigenvalue weighted by Gasteiger charge is 2.29. The molecule has 3 heteroatoms. The molecular formula is C38H26O3. The Morgan fingerprint density at radius 1 is 0.341 bits per heavy atom. The Hall–Kier alpha value is -5.28. The zero-order chi connectivity index (χ0) is 27.2. The van der Waals surface area contributed by atoms with Crippen molar-refractivity contribution >= 4 is 0 Å². The van der Waals surface area contributed by atoms with Crippen LogP contribution in [0.4, 0.5) is 0 Å². The summed E-state index contributed by atoms with van der Waals surface area (Å²) in [6.45, 7) is 0. The zero-order valence-corrected chi connectivity index (χ0v) is 22.2. The number of benzene rings is 6. The summed E-state index contributed by atoms with van der Waals surface area (Å²) in [4.78, 5) is 0. The molecule has 0 bridgehead atoms. The second-order valence-electron chi connectivity index (χ2n) is 10.5. The molecule has 0 amide bonds. The Kier molecular flexibility index (Phi) is 5.60. The first-order chi connectivity index (χ1) is 20.3. The Bertz CT molecular complexity index is 1640. The number of hydrogen-bond donors (Lipinski definition) is 0. The van der Waals surface area contributed by atoms with Crippen molar-refractivity contribution in [2.75, 3.05) is 0 Å². The molecule has 2 aliphatic rings. The maximum atomic E-state index is 6.29. The highest BCUT2D eigenvalue weighted by molar-refractivity contribution is 5.60. The largest absolute Gasteiger partial charge is 0.457 e. The van der Waals surface area contributed by atoms with Gasteiger partial charge in [-0.15, -0.1) is 0 Å². The van der Waals surface area contributed by atoms with E-state index >= 15 is 0 Å². The van der Waals surface area contributed by atoms with Crippen molar-refractivity contribution < 1.29 is 14.2 Å². The van der Waals surface area contributed by atoms with Crippen LogP contribution in [0.1, 0.15) is 45.2 Å². The van der Waals surface area contributed by atoms with E-state index in [4.69, 9.17) is 14.2 Å². The lowest BCUT2D eigenvalue weighted by Crippen LogP contribution is -2.11. The van der Waals surface area contributed by atoms with Gasteiger partial charge in [-0.3, -0.25) is 0 Å². The summed E-state index contributed by atoms with van der Waals surface area (Å²) in [7, 11) is 0. The molecule has 41 heavy (non-hydrogen) atoms. The first kappa shape index (κ1) is 23.6. The number of fused-ring (bicyclic) bond motifs is 4. The molecule has 0 fully saturated rings. The lowest BCUT2D eigenvalue weighted by Gasteiger charge is -2.28. The molecule has 0 saturated carbocycles. The van der Waals surface area contributed by atoms with E-state index in [1.54, 1.807) is 0 Å². The fourth-order valence-electron chi connectivity index (χ4n) is 6.13. The maximum Gasteiger partial charge on any atom is 0.131 e. The summed E-state index contributed by atoms with van der Waals surface area (Å²) in [5.74, 6) is 5.45. The van der Waals surface area contributed by atoms with Crippen LogP contribution < -0.4 is 14.2 Å². The predicted octanol–water partition coefficient (Wildman–Crippen LogP) is 10.1. The van der Waals surface area contributed by atoms with Crippen LogP contribution in [0.3, 0.4) is 0 Å². The van der Waals surface area contributed by atoms with Crippen LogP contribution in [0.15, 0.2) is 146 Å². The second-order valence-corrected chi connectivity index (χ2v) is 10.5. The monoisotopic (exact) mass is 530 g/mol. The average molecular weight is 531 g/mol. The highest BCUT2D eigenvalue weighted by atomic mass is 16.5. The molecular weight excluding hydrogens is 504 g/mol. The van der Waals surface area contributed by atoms with Crippen LogP contribution in [-0.2, 0) is 0 Å². The molecule has 8 rings (SSSR count). The number of para-hydroxylation sites is 4. The van der Waals surface area contributed by atoms with Gasteiger partial charge in [-0.05, 0) is 59.7 Å². The molecule has 3 nitrogen and oxygen atoms in total. The van der Waals surface area contributed by atoms with Gasteiger partial charge in [0.05, 0.1) is 0 Å². The molecule has 0 aliphatic carbocycles. The van der Waals surface area contributed by atoms with Crippen molar-refractivity contribution in [2.24, 2.45) is 0 Å². The number of rotatable bonds is 4. The van der Waals surface area contributed by atoms with E-state index in [2.05, 4.69) is 97.1 Å². The van der Waals surface area contributed by atoms with E-state index in [0.29, 0.717) is 0 Å². The van der Waals surface area contributed by atoms with Crippen molar-refractivity contribution in [2.45, 2.75) is 11.8 Å². The fraction of sp³-hybridized carbons (Fsp3) is 0.0526. The van der Waals surface area contributed by atoms with E-state index in [0.717, 1.165) is 34.5 Å². The summed E-state index contributed by atoms with van der Waals surface area (Å²) < 4.78 is 18.7. The van der Waals surface area contributed by atoms with Gasteiger partial charge in [0, 0.05) is 34.1 Å². The second kappa shape index (κ2) is 9.72. The first-order valence-electron chi connectivity index (χ1n) is 13.9. The molecule has 0 unspecified atom stereocenters. The summed E-state index contributed by atoms with van der Waals surface area (Å²) in [5.41, 5.74) is 7.09. The topological polar surface area (TPSA) is 27.7 Å². The van der Waals surface area contributed by atoms with Gasteiger partial charge >= 0.3 is 0 Å². The fourth-order valence-corrected chi connectivity index (χ4v) is 6.13. The number of ether oxygens (including phenoxy) is 3. The minimum absolute atomic E-state index is 0.106. The molecule has 6 aromatic rings. The van der Waals surface area contributed by atoms with Crippen molar-refractivity contribution in [1.82, 2.24) is 0 Å². The minimum atomic E-state index is 0.106. The molecule has 0 spiro atoms. The standard InChI is InChI=1S/C38H26O3/c1-5-13-33-29(9-1)37(30-10-2-6-14-34(30)40-33)25-17-21-27(22-18-25)39-28-23-19-26(20-24-28)38-31-11-3-7-15-35(31)41-36-16-8-4-12-32(36)38/h1-24,37-38H. The van der Waals surface area contributed by atoms with E-state index < -0.39 is 0 Å². The van der Waals surface area contributed by atoms with Crippen molar-refractivity contribution in [3.05, 3.63) is 179 Å². The Morgan fingerprint density at radius 2 is 0.634 bits per heavy atom. The van der Waals surface area contributed by atoms with E-state index in [-0.39, 0.29) is 11.8 Å². The Morgan fingerprint density at radius 3 is 0.951 bits per heavy atom. The SMILES string of the molecule is c1ccc2c(c1)Oc1ccccc1C2c1ccc(Oc2ccc(C3c4ccccc4Oc4ccccc43)cc2)cc1. The zero-order valence-electron chi connectivity index (χ0n) is 22.2. The van der Waals surface area contributed by atoms with Gasteiger partial charge in [0.25, 0.3) is 0 Å². The van der Waals surface area contributed by atoms with E-state index in [9.17, 15) is 0 Å². The van der Waals surface area contributed by atoms with Crippen molar-refractivity contribution in [3.8, 4) is 34.5 Å². The van der Waals surface area contributed by atoms with Gasteiger partial charge in [-0.2, -0.15) is 0 Å². The molecule has 0 atom stereocenters. The molecule has 2 aliphatic heterocycles. The third-order valence-electron chi connectivity index (χ3n) is 8.02. The smallest absolute Gasteiger partial charge is 0.131 e. The first-order valence-corrected chi connectivity index (χ1v) is 13.9. The van der Waals surface area contributed by atoms with Crippen LogP contribution in [0.2, 0.25) is 0 Å². The van der Waals surface area contributed by atoms with Gasteiger partial charge in [-0.25, -0.2) is 0 Å². The molecule has 0 saturated heterocycles. The molecule has 6 aromatic carbocycles. The lowest BCUT2D eigenvalue weighted by atomic mass is 9.82. The molecule has 2 heterocycles. The summed E-state index contributed by atoms with van der Waals surface area (Å²) in [5, 5.41) is 0. The van der Waals surface area contributed by atoms with E-state index in [1.807, 2.05) is 48.5 Å². The highest BCUT2D eigenvalue weighted by Crippen LogP contribution is 2.48. The van der Waals surface area contributed by atoms with Crippen LogP contribution in [0.25, 0.3) is 0 Å². The lowest BCUT2D eigenvalue weighted by molar-refractivity contribution is 0.452. The predicted molar refractivity (Wildman–Crippen MR) is 161 cm³/mol. The maximum absolute atomic E-state index is 6.29. The Balaban J connectivity index is 1.07. The van der Waals surface area contributed by atoms with Crippen molar-refractivity contribution in [1.29, 1.82) is 0 Å². The van der Waals surface area contributed by atoms with Gasteiger partial charge in [0.15, 0.2) is 0 Å². The van der Waals surface area contributed by atoms with Crippen LogP contribution in [0, 0.1) is 0 Å². The summed E-state index contributed by atoms with van der Waals surface area (Å²) >= 11 is 0. The third-order valence-corrected chi connectivity index (χ3v) is 8.02. The summed E-state index contributed by atoms with van der Waals surface area (Å²) in [6.07, 6.45) is 0. The van der Waals surface area contributed by atoms with Crippen LogP contribution in [0.5, 0.6) is 34.5 Å². The molecule has 0 aromatic heterocycles. The molecule has 196 valence electrons. The van der Waals surface area contributed by atoms with Gasteiger partial charge in [0.2, 0.25) is 0 Å². The Labute approximate surface area is 239 Å². The van der Waals surface area contributed by atoms with Crippen LogP contribution in [-0.4, -0.2) is 0 Å². The molecule has 0 radical (unpaired) electrons. The van der Waals surface area contributed by atoms with E-state index in [1.165, 1.54) is 33.4 Å². The van der Waals surface area contributed by atoms with Crippen molar-refractivity contribution in [3.63, 3.8) is 0 Å². The minimum Gasteiger partial charge on any atom is -0.457 e. The van der Waals surface area contributed by atoms with Gasteiger partial charge < -0.3 is 14.2 Å². The quantitative estimate of drug-likeness (QED) is 0.227. The van der Waals surface area contributed by atoms with Gasteiger partial charge in [0.1, 0.15) is 34.5 Å².